The van der Waals surface area contributed by atoms with Crippen molar-refractivity contribution < 1.29 is 23.2 Å². The third kappa shape index (κ3) is 12.3. The summed E-state index contributed by atoms with van der Waals surface area (Å²) in [5.74, 6) is -0.684. The summed E-state index contributed by atoms with van der Waals surface area (Å²) in [6.45, 7) is 11.1. The Labute approximate surface area is 131 Å². The number of rotatable bonds is 12. The van der Waals surface area contributed by atoms with Gasteiger partial charge in [-0.1, -0.05) is 13.2 Å². The molecule has 0 atom stereocenters. The van der Waals surface area contributed by atoms with Crippen LogP contribution in [0.4, 0.5) is 0 Å². The van der Waals surface area contributed by atoms with Gasteiger partial charge in [-0.3, -0.25) is 0 Å². The highest BCUT2D eigenvalue weighted by Gasteiger charge is 2.03. The Morgan fingerprint density at radius 2 is 1.24 bits per heavy atom. The monoisotopic (exact) mass is 326 g/mol. The number of esters is 2. The van der Waals surface area contributed by atoms with E-state index in [-0.39, 0.29) is 11.9 Å². The van der Waals surface area contributed by atoms with E-state index >= 15 is 0 Å². The summed E-state index contributed by atoms with van der Waals surface area (Å²) in [6.07, 6.45) is 1.58. The predicted molar refractivity (Wildman–Crippen MR) is 83.0 cm³/mol. The average molecular weight is 326 g/mol. The van der Waals surface area contributed by atoms with E-state index in [2.05, 4.69) is 13.2 Å². The molecule has 0 aromatic rings. The molecule has 0 amide bonds. The molecule has 0 spiro atoms. The van der Waals surface area contributed by atoms with E-state index in [9.17, 15) is 9.59 Å². The molecule has 7 heteroatoms. The van der Waals surface area contributed by atoms with Crippen molar-refractivity contribution in [2.24, 2.45) is 0 Å². The molecule has 0 N–H and O–H groups in total. The van der Waals surface area contributed by atoms with Crippen molar-refractivity contribution in [1.29, 1.82) is 0 Å². The Morgan fingerprint density at radius 1 is 0.857 bits per heavy atom. The van der Waals surface area contributed by atoms with Crippen LogP contribution >= 0.6 is 0 Å². The first-order chi connectivity index (χ1) is 9.95. The van der Waals surface area contributed by atoms with Gasteiger partial charge in [-0.05, 0) is 38.8 Å². The van der Waals surface area contributed by atoms with Crippen LogP contribution < -0.4 is 0 Å². The molecule has 4 radical (unpaired) electrons. The summed E-state index contributed by atoms with van der Waals surface area (Å²) in [4.78, 5) is 22.2. The maximum Gasteiger partial charge on any atom is 0.333 e. The van der Waals surface area contributed by atoms with Crippen LogP contribution in [-0.2, 0) is 23.2 Å². The predicted octanol–water partition coefficient (Wildman–Crippen LogP) is 2.10. The second-order valence-corrected chi connectivity index (χ2v) is 6.82. The Kier molecular flexibility index (Phi) is 11.8. The van der Waals surface area contributed by atoms with Crippen LogP contribution in [-0.4, -0.2) is 44.7 Å². The van der Waals surface area contributed by atoms with E-state index in [1.165, 1.54) is 0 Å². The molecule has 0 aromatic carbocycles. The molecule has 116 valence electrons. The normalized spacial score (nSPS) is 10.0. The molecule has 0 aromatic heterocycles. The zero-order valence-electron chi connectivity index (χ0n) is 12.7. The second kappa shape index (κ2) is 12.5. The summed E-state index contributed by atoms with van der Waals surface area (Å²) in [5, 5.41) is 0. The van der Waals surface area contributed by atoms with Gasteiger partial charge in [0.2, 0.25) is 19.5 Å². The largest absolute Gasteiger partial charge is 0.462 e. The lowest BCUT2D eigenvalue weighted by molar-refractivity contribution is -0.139. The van der Waals surface area contributed by atoms with E-state index in [1.807, 2.05) is 0 Å². The van der Waals surface area contributed by atoms with Gasteiger partial charge in [0, 0.05) is 11.1 Å². The minimum absolute atomic E-state index is 0.342. The van der Waals surface area contributed by atoms with E-state index in [0.29, 0.717) is 43.9 Å². The van der Waals surface area contributed by atoms with Crippen LogP contribution in [0.5, 0.6) is 0 Å². The van der Waals surface area contributed by atoms with Crippen LogP contribution in [0.15, 0.2) is 24.3 Å². The maximum absolute atomic E-state index is 11.1. The topological polar surface area (TPSA) is 61.8 Å². The number of carbonyl (C=O) groups excluding carboxylic acids is 2. The van der Waals surface area contributed by atoms with Crippen molar-refractivity contribution >= 4 is 31.5 Å². The molecule has 0 unspecified atom stereocenters. The minimum Gasteiger partial charge on any atom is -0.462 e. The van der Waals surface area contributed by atoms with E-state index in [1.54, 1.807) is 13.8 Å². The van der Waals surface area contributed by atoms with Crippen molar-refractivity contribution in [3.05, 3.63) is 24.3 Å². The van der Waals surface area contributed by atoms with E-state index < -0.39 is 0 Å². The lowest BCUT2D eigenvalue weighted by Gasteiger charge is -2.05. The molecule has 0 saturated heterocycles. The van der Waals surface area contributed by atoms with Crippen LogP contribution in [0.3, 0.4) is 0 Å². The van der Waals surface area contributed by atoms with Gasteiger partial charge in [0.15, 0.2) is 0 Å². The molecule has 0 bridgehead atoms. The first kappa shape index (κ1) is 19.8. The quantitative estimate of drug-likeness (QED) is 0.238. The zero-order chi connectivity index (χ0) is 16.1. The van der Waals surface area contributed by atoms with Crippen molar-refractivity contribution in [2.75, 3.05) is 13.2 Å². The molecule has 0 heterocycles. The molecule has 0 aliphatic rings. The number of ether oxygens (including phenoxy) is 2. The number of hydrogen-bond donors (Lipinski definition) is 0. The number of hydrogen-bond acceptors (Lipinski definition) is 5. The van der Waals surface area contributed by atoms with E-state index in [0.717, 1.165) is 24.9 Å². The van der Waals surface area contributed by atoms with Gasteiger partial charge in [-0.25, -0.2) is 9.59 Å². The molecule has 5 nitrogen and oxygen atoms in total. The summed E-state index contributed by atoms with van der Waals surface area (Å²) in [7, 11) is 0.820. The lowest BCUT2D eigenvalue weighted by atomic mass is 10.4. The SMILES string of the molecule is C=C(C)C(=O)OCCC[Si]O[Si]CCCOC(=O)C(=C)C. The van der Waals surface area contributed by atoms with Crippen LogP contribution in [0.25, 0.3) is 0 Å². The average Bonchev–Trinajstić information content (AvgIpc) is 2.43. The first-order valence-corrected chi connectivity index (χ1v) is 8.95. The Bertz CT molecular complexity index is 334. The maximum atomic E-state index is 11.1. The first-order valence-electron chi connectivity index (χ1n) is 6.72. The molecule has 0 aliphatic heterocycles. The highest BCUT2D eigenvalue weighted by molar-refractivity contribution is 6.42. The third-order valence-corrected chi connectivity index (χ3v) is 4.42. The van der Waals surface area contributed by atoms with Crippen molar-refractivity contribution in [3.63, 3.8) is 0 Å². The number of carbonyl (C=O) groups is 2. The van der Waals surface area contributed by atoms with Crippen molar-refractivity contribution in [1.82, 2.24) is 0 Å². The molecule has 21 heavy (non-hydrogen) atoms. The molecule has 0 aliphatic carbocycles. The molecule has 0 rings (SSSR count). The van der Waals surface area contributed by atoms with Gasteiger partial charge < -0.3 is 13.6 Å². The Balaban J connectivity index is 3.23. The van der Waals surface area contributed by atoms with Gasteiger partial charge >= 0.3 is 11.9 Å². The Morgan fingerprint density at radius 3 is 1.57 bits per heavy atom. The molecule has 0 fully saturated rings. The van der Waals surface area contributed by atoms with Gasteiger partial charge in [-0.15, -0.1) is 0 Å². The zero-order valence-corrected chi connectivity index (χ0v) is 14.7. The van der Waals surface area contributed by atoms with Gasteiger partial charge in [0.1, 0.15) is 0 Å². The van der Waals surface area contributed by atoms with Gasteiger partial charge in [-0.2, -0.15) is 0 Å². The molecular weight excluding hydrogens is 304 g/mol. The highest BCUT2D eigenvalue weighted by Crippen LogP contribution is 1.98. The van der Waals surface area contributed by atoms with Crippen LogP contribution in [0.2, 0.25) is 12.1 Å². The smallest absolute Gasteiger partial charge is 0.333 e. The summed E-state index contributed by atoms with van der Waals surface area (Å²) >= 11 is 0. The van der Waals surface area contributed by atoms with Gasteiger partial charge in [0.25, 0.3) is 0 Å². The minimum atomic E-state index is -0.342. The highest BCUT2D eigenvalue weighted by atomic mass is 28.3. The summed E-state index contributed by atoms with van der Waals surface area (Å²) < 4.78 is 15.4. The van der Waals surface area contributed by atoms with Gasteiger partial charge in [0.05, 0.1) is 13.2 Å². The Hall–Kier alpha value is -1.19. The molecule has 0 saturated carbocycles. The third-order valence-electron chi connectivity index (χ3n) is 2.15. The van der Waals surface area contributed by atoms with Crippen LogP contribution in [0, 0.1) is 0 Å². The van der Waals surface area contributed by atoms with E-state index in [4.69, 9.17) is 13.6 Å². The van der Waals surface area contributed by atoms with Crippen molar-refractivity contribution in [2.45, 2.75) is 38.8 Å². The fourth-order valence-electron chi connectivity index (χ4n) is 1.02. The summed E-state index contributed by atoms with van der Waals surface area (Å²) in [5.41, 5.74) is 0.838. The fraction of sp³-hybridized carbons (Fsp3) is 0.571. The fourth-order valence-corrected chi connectivity index (χ4v) is 2.82. The summed E-state index contributed by atoms with van der Waals surface area (Å²) in [6, 6.07) is 1.75. The second-order valence-electron chi connectivity index (χ2n) is 4.43. The lowest BCUT2D eigenvalue weighted by Crippen LogP contribution is -2.10. The van der Waals surface area contributed by atoms with Crippen LogP contribution in [0.1, 0.15) is 26.7 Å². The van der Waals surface area contributed by atoms with Crippen molar-refractivity contribution in [3.8, 4) is 0 Å². The standard InChI is InChI=1S/C14H22O5Si2/c1-11(2)13(15)17-7-5-9-20-19-21-10-6-8-18-14(16)12(3)4/h1,3,5-10H2,2,4H3. The molecular formula is C14H22O5Si2.